The standard InChI is InChI=1S/C77H134N12O23/c1-23-25-50(83-59(95)31-37-108-68(103)77(21,22)24-2)58(94)42-49(45(7)90)63(98)84-51(28-34-80-70(105)110-74(12,13)14)56(92)40-47-26-32-78-67(102)60(46(8)91)89-62(97)48(27-33-79-69(104)109-73(9,10)11)41-57(93)52(29-35-81-71(106)111-75(15,16)17)85-65(100)54(38-43(3)4)88-66(101)55(39-44(5)6)87-64(99)53(86-61(47)96)30-36-82-72(107)112-76(18,19)20/h43-55,60,90-91H,23-42H2,1-22H3,(H,78,102)(H,79,104)(H,80,105)(H,81,106)(H,82,107)(H,83,95)(H,84,98)(H,85,100)(H,86,96)(H,87,99)(H,88,101)(H,89,97)/t45?,46?,47-,48-,49+,50+,51+,52+,53+,54+,55-,60+/m1/s1. The highest BCUT2D eigenvalue weighted by atomic mass is 16.6. The van der Waals surface area contributed by atoms with Crippen LogP contribution in [0.2, 0.25) is 0 Å². The van der Waals surface area contributed by atoms with Gasteiger partial charge >= 0.3 is 30.3 Å². The number of nitrogens with one attached hydrogen (secondary N) is 12. The molecule has 35 nitrogen and oxygen atoms in total. The summed E-state index contributed by atoms with van der Waals surface area (Å²) in [6, 6.07) is -10.9. The molecule has 640 valence electrons. The maximum atomic E-state index is 15.3. The number of ether oxygens (including phenoxy) is 5. The molecule has 0 spiro atoms. The van der Waals surface area contributed by atoms with Crippen molar-refractivity contribution in [1.29, 1.82) is 0 Å². The first-order valence-electron chi connectivity index (χ1n) is 39.0. The Hall–Kier alpha value is -8.76. The Kier molecular flexibility index (Phi) is 43.1. The summed E-state index contributed by atoms with van der Waals surface area (Å²) in [5, 5.41) is 53.5. The minimum absolute atomic E-state index is 0.0659. The lowest BCUT2D eigenvalue weighted by atomic mass is 9.90. The summed E-state index contributed by atoms with van der Waals surface area (Å²) in [6.45, 7) is 33.3. The van der Waals surface area contributed by atoms with Crippen molar-refractivity contribution in [2.24, 2.45) is 35.0 Å². The average molecular weight is 1600 g/mol. The Labute approximate surface area is 660 Å². The highest BCUT2D eigenvalue weighted by Crippen LogP contribution is 2.24. The van der Waals surface area contributed by atoms with Crippen molar-refractivity contribution in [3.63, 3.8) is 0 Å². The lowest BCUT2D eigenvalue weighted by Gasteiger charge is -2.29. The van der Waals surface area contributed by atoms with Gasteiger partial charge in [-0.25, -0.2) is 19.2 Å². The van der Waals surface area contributed by atoms with Crippen LogP contribution in [0.3, 0.4) is 0 Å². The molecule has 0 aliphatic carbocycles. The summed E-state index contributed by atoms with van der Waals surface area (Å²) < 4.78 is 26.9. The van der Waals surface area contributed by atoms with Crippen molar-refractivity contribution in [2.75, 3.05) is 39.3 Å². The Bertz CT molecular complexity index is 3170. The molecule has 1 heterocycles. The van der Waals surface area contributed by atoms with Crippen molar-refractivity contribution in [2.45, 2.75) is 319 Å². The van der Waals surface area contributed by atoms with Crippen LogP contribution in [0.25, 0.3) is 0 Å². The number of hydrogen-bond acceptors (Lipinski definition) is 23. The molecule has 2 unspecified atom stereocenters. The largest absolute Gasteiger partial charge is 0.465 e. The van der Waals surface area contributed by atoms with Crippen LogP contribution in [0.1, 0.15) is 242 Å². The molecular weight excluding hydrogens is 1460 g/mol. The predicted molar refractivity (Wildman–Crippen MR) is 413 cm³/mol. The monoisotopic (exact) mass is 1590 g/mol. The van der Waals surface area contributed by atoms with E-state index in [1.165, 1.54) is 6.92 Å². The van der Waals surface area contributed by atoms with Crippen LogP contribution >= 0.6 is 0 Å². The highest BCUT2D eigenvalue weighted by Gasteiger charge is 2.40. The van der Waals surface area contributed by atoms with E-state index >= 15 is 14.4 Å². The fourth-order valence-electron chi connectivity index (χ4n) is 11.1. The van der Waals surface area contributed by atoms with E-state index in [0.29, 0.717) is 12.8 Å². The zero-order chi connectivity index (χ0) is 86.0. The number of amides is 12. The second-order valence-electron chi connectivity index (χ2n) is 34.0. The van der Waals surface area contributed by atoms with E-state index in [9.17, 15) is 72.5 Å². The molecule has 1 rings (SSSR count). The Balaban J connectivity index is 4.42. The van der Waals surface area contributed by atoms with E-state index in [4.69, 9.17) is 23.7 Å². The minimum atomic E-state index is -1.84. The predicted octanol–water partition coefficient (Wildman–Crippen LogP) is 4.31. The molecule has 1 saturated heterocycles. The fraction of sp³-hybridized carbons (Fsp3) is 0.792. The first-order chi connectivity index (χ1) is 51.6. The van der Waals surface area contributed by atoms with Crippen LogP contribution in [-0.2, 0) is 81.2 Å². The Morgan fingerprint density at radius 2 is 0.911 bits per heavy atom. The lowest BCUT2D eigenvalue weighted by molar-refractivity contribution is -0.154. The number of aliphatic hydroxyl groups excluding tert-OH is 2. The van der Waals surface area contributed by atoms with Crippen LogP contribution in [0.4, 0.5) is 19.2 Å². The van der Waals surface area contributed by atoms with Crippen LogP contribution < -0.4 is 63.8 Å². The van der Waals surface area contributed by atoms with E-state index in [1.54, 1.807) is 138 Å². The summed E-state index contributed by atoms with van der Waals surface area (Å²) in [5.74, 6) is -16.1. The molecule has 12 atom stereocenters. The van der Waals surface area contributed by atoms with Gasteiger partial charge in [0.1, 0.15) is 53.2 Å². The third kappa shape index (κ3) is 42.2. The van der Waals surface area contributed by atoms with E-state index in [2.05, 4.69) is 63.8 Å². The van der Waals surface area contributed by atoms with Crippen LogP contribution in [-0.4, -0.2) is 221 Å². The van der Waals surface area contributed by atoms with Gasteiger partial charge in [-0.1, -0.05) is 48.0 Å². The molecule has 0 aromatic heterocycles. The second-order valence-corrected chi connectivity index (χ2v) is 34.0. The molecule has 0 saturated carbocycles. The van der Waals surface area contributed by atoms with E-state index in [1.807, 2.05) is 0 Å². The smallest absolute Gasteiger partial charge is 0.407 e. The first kappa shape index (κ1) is 101. The van der Waals surface area contributed by atoms with Gasteiger partial charge in [-0.3, -0.25) is 57.5 Å². The van der Waals surface area contributed by atoms with Gasteiger partial charge in [0.2, 0.25) is 47.3 Å². The van der Waals surface area contributed by atoms with E-state index in [-0.39, 0.29) is 83.1 Å². The van der Waals surface area contributed by atoms with Crippen molar-refractivity contribution < 1.29 is 111 Å². The third-order valence-corrected chi connectivity index (χ3v) is 17.3. The van der Waals surface area contributed by atoms with E-state index < -0.39 is 240 Å². The molecule has 1 aliphatic rings. The molecule has 0 radical (unpaired) electrons. The number of esters is 1. The molecule has 35 heteroatoms. The van der Waals surface area contributed by atoms with Crippen molar-refractivity contribution in [3.8, 4) is 0 Å². The quantitative estimate of drug-likeness (QED) is 0.0315. The van der Waals surface area contributed by atoms with Crippen LogP contribution in [0.5, 0.6) is 0 Å². The number of carbonyl (C=O) groups is 16. The summed E-state index contributed by atoms with van der Waals surface area (Å²) in [4.78, 5) is 226. The number of Topliss-reactive ketones (excluding diaryl/α,β-unsaturated/α-hetero) is 3. The molecule has 1 fully saturated rings. The molecule has 0 aromatic carbocycles. The fourth-order valence-corrected chi connectivity index (χ4v) is 11.1. The zero-order valence-electron chi connectivity index (χ0n) is 70.2. The number of carbonyl (C=O) groups excluding carboxylic acids is 16. The van der Waals surface area contributed by atoms with E-state index in [0.717, 1.165) is 6.92 Å². The van der Waals surface area contributed by atoms with Crippen molar-refractivity contribution in [3.05, 3.63) is 0 Å². The Morgan fingerprint density at radius 3 is 1.35 bits per heavy atom. The third-order valence-electron chi connectivity index (χ3n) is 17.3. The maximum absolute atomic E-state index is 15.3. The second kappa shape index (κ2) is 47.7. The van der Waals surface area contributed by atoms with Crippen LogP contribution in [0.15, 0.2) is 0 Å². The molecule has 0 aromatic rings. The van der Waals surface area contributed by atoms with Crippen molar-refractivity contribution in [1.82, 2.24) is 63.8 Å². The van der Waals surface area contributed by atoms with Gasteiger partial charge in [-0.05, 0) is 180 Å². The first-order valence-corrected chi connectivity index (χ1v) is 39.0. The maximum Gasteiger partial charge on any atom is 0.407 e. The number of ketones is 3. The number of hydrogen-bond donors (Lipinski definition) is 14. The summed E-state index contributed by atoms with van der Waals surface area (Å²) in [6.07, 6.45) is -10.8. The van der Waals surface area contributed by atoms with Gasteiger partial charge in [0, 0.05) is 63.8 Å². The Morgan fingerprint density at radius 1 is 0.491 bits per heavy atom. The van der Waals surface area contributed by atoms with Gasteiger partial charge < -0.3 is 97.7 Å². The molecule has 12 amide bonds. The average Bonchev–Trinajstić information content (AvgIpc) is 0.940. The van der Waals surface area contributed by atoms with Crippen LogP contribution in [0, 0.1) is 35.0 Å². The number of rotatable bonds is 34. The lowest BCUT2D eigenvalue weighted by Crippen LogP contribution is -2.59. The molecule has 112 heavy (non-hydrogen) atoms. The highest BCUT2D eigenvalue weighted by molar-refractivity contribution is 5.99. The summed E-state index contributed by atoms with van der Waals surface area (Å²) in [7, 11) is 0. The molecule has 0 bridgehead atoms. The van der Waals surface area contributed by atoms with Crippen molar-refractivity contribution >= 4 is 94.9 Å². The zero-order valence-corrected chi connectivity index (χ0v) is 70.2. The van der Waals surface area contributed by atoms with Gasteiger partial charge in [0.15, 0.2) is 17.3 Å². The van der Waals surface area contributed by atoms with Gasteiger partial charge in [0.05, 0.1) is 48.1 Å². The normalized spacial score (nSPS) is 20.5. The molecule has 1 aliphatic heterocycles. The van der Waals surface area contributed by atoms with Gasteiger partial charge in [-0.15, -0.1) is 0 Å². The molecular formula is C77H134N12O23. The minimum Gasteiger partial charge on any atom is -0.465 e. The number of aliphatic hydroxyl groups is 2. The van der Waals surface area contributed by atoms with Gasteiger partial charge in [0.25, 0.3) is 0 Å². The summed E-state index contributed by atoms with van der Waals surface area (Å²) in [5.41, 5.74) is -4.72. The van der Waals surface area contributed by atoms with Gasteiger partial charge in [-0.2, -0.15) is 0 Å². The SMILES string of the molecule is CCC[C@H](NC(=O)CCOC(=O)C(C)(C)CC)C(=O)C[C@H](C(=O)N[C@@H](CCNC(=O)OC(C)(C)C)C(=O)C[C@H]1CCNC(=O)[C@H](C(C)O)NC(=O)[C@H](CCNC(=O)OC(C)(C)C)CC(=O)[C@H](CCNC(=O)OC(C)(C)C)NC(=O)[C@H](CC(C)C)NC(=O)[C@@H](CC(C)C)NC(=O)[C@H](CCNC(=O)OC(C)(C)C)NC1=O)C(C)O. The summed E-state index contributed by atoms with van der Waals surface area (Å²) >= 11 is 0. The number of alkyl carbamates (subject to hydrolysis) is 4. The topological polar surface area (TPSA) is 504 Å². The molecule has 14 N–H and O–H groups in total.